The standard InChI is InChI=1S/C18H16ClF2N3O3/c19-15-9-12(1-3-16(15)21)22-18(25)14-10-13(24(26)27)2-4-17(14)23-7-5-11(20)6-8-23/h1-4,9-11H,5-8H2,(H,22,25). The maximum atomic E-state index is 13.4. The Hall–Kier alpha value is -2.74. The van der Waals surface area contributed by atoms with Crippen LogP contribution in [-0.2, 0) is 0 Å². The number of carbonyl (C=O) groups is 1. The molecule has 1 N–H and O–H groups in total. The molecule has 3 rings (SSSR count). The zero-order chi connectivity index (χ0) is 19.6. The lowest BCUT2D eigenvalue weighted by molar-refractivity contribution is -0.384. The van der Waals surface area contributed by atoms with E-state index >= 15 is 0 Å². The van der Waals surface area contributed by atoms with Crippen molar-refractivity contribution in [3.63, 3.8) is 0 Å². The van der Waals surface area contributed by atoms with Crippen LogP contribution < -0.4 is 10.2 Å². The van der Waals surface area contributed by atoms with Crippen molar-refractivity contribution in [3.8, 4) is 0 Å². The number of piperidine rings is 1. The summed E-state index contributed by atoms with van der Waals surface area (Å²) in [7, 11) is 0. The number of carbonyl (C=O) groups excluding carboxylic acids is 1. The number of alkyl halides is 1. The summed E-state index contributed by atoms with van der Waals surface area (Å²) >= 11 is 5.72. The molecular weight excluding hydrogens is 380 g/mol. The Bertz CT molecular complexity index is 886. The molecular formula is C18H16ClF2N3O3. The zero-order valence-corrected chi connectivity index (χ0v) is 14.9. The summed E-state index contributed by atoms with van der Waals surface area (Å²) in [5, 5.41) is 13.5. The summed E-state index contributed by atoms with van der Waals surface area (Å²) in [6.07, 6.45) is -0.241. The SMILES string of the molecule is O=C(Nc1ccc(F)c(Cl)c1)c1cc([N+](=O)[O-])ccc1N1CCC(F)CC1. The van der Waals surface area contributed by atoms with E-state index in [0.717, 1.165) is 6.07 Å². The van der Waals surface area contributed by atoms with Crippen LogP contribution in [0.2, 0.25) is 5.02 Å². The molecule has 142 valence electrons. The van der Waals surface area contributed by atoms with E-state index in [9.17, 15) is 23.7 Å². The number of nitrogens with zero attached hydrogens (tertiary/aromatic N) is 2. The van der Waals surface area contributed by atoms with Gasteiger partial charge in [-0.05, 0) is 37.1 Å². The number of non-ortho nitro benzene ring substituents is 1. The second-order valence-electron chi connectivity index (χ2n) is 6.20. The Morgan fingerprint density at radius 2 is 1.93 bits per heavy atom. The van der Waals surface area contributed by atoms with E-state index in [1.54, 1.807) is 0 Å². The summed E-state index contributed by atoms with van der Waals surface area (Å²) < 4.78 is 26.7. The first-order valence-corrected chi connectivity index (χ1v) is 8.67. The highest BCUT2D eigenvalue weighted by molar-refractivity contribution is 6.31. The third-order valence-electron chi connectivity index (χ3n) is 4.38. The molecule has 6 nitrogen and oxygen atoms in total. The largest absolute Gasteiger partial charge is 0.371 e. The normalized spacial score (nSPS) is 14.9. The van der Waals surface area contributed by atoms with Gasteiger partial charge >= 0.3 is 0 Å². The van der Waals surface area contributed by atoms with Gasteiger partial charge in [-0.15, -0.1) is 0 Å². The molecule has 0 aliphatic carbocycles. The number of amides is 1. The second-order valence-corrected chi connectivity index (χ2v) is 6.61. The van der Waals surface area contributed by atoms with E-state index in [1.807, 2.05) is 4.90 Å². The highest BCUT2D eigenvalue weighted by atomic mass is 35.5. The molecule has 1 heterocycles. The molecule has 0 atom stereocenters. The van der Waals surface area contributed by atoms with Gasteiger partial charge in [-0.25, -0.2) is 8.78 Å². The van der Waals surface area contributed by atoms with E-state index < -0.39 is 22.8 Å². The van der Waals surface area contributed by atoms with Gasteiger partial charge in [0.2, 0.25) is 0 Å². The van der Waals surface area contributed by atoms with Crippen LogP contribution in [0.1, 0.15) is 23.2 Å². The van der Waals surface area contributed by atoms with Gasteiger partial charge in [0.1, 0.15) is 12.0 Å². The third-order valence-corrected chi connectivity index (χ3v) is 4.67. The lowest BCUT2D eigenvalue weighted by Gasteiger charge is -2.31. The molecule has 0 bridgehead atoms. The van der Waals surface area contributed by atoms with Gasteiger partial charge in [0.25, 0.3) is 11.6 Å². The molecule has 0 aromatic heterocycles. The molecule has 27 heavy (non-hydrogen) atoms. The zero-order valence-electron chi connectivity index (χ0n) is 14.1. The first-order chi connectivity index (χ1) is 12.8. The minimum absolute atomic E-state index is 0.0851. The van der Waals surface area contributed by atoms with Gasteiger partial charge in [0, 0.05) is 30.9 Å². The average molecular weight is 396 g/mol. The number of anilines is 2. The average Bonchev–Trinajstić information content (AvgIpc) is 2.65. The van der Waals surface area contributed by atoms with Crippen molar-refractivity contribution in [2.45, 2.75) is 19.0 Å². The van der Waals surface area contributed by atoms with Crippen molar-refractivity contribution in [2.24, 2.45) is 0 Å². The molecule has 1 fully saturated rings. The van der Waals surface area contributed by atoms with Gasteiger partial charge < -0.3 is 10.2 Å². The maximum absolute atomic E-state index is 13.4. The van der Waals surface area contributed by atoms with Crippen LogP contribution in [0.3, 0.4) is 0 Å². The fourth-order valence-corrected chi connectivity index (χ4v) is 3.14. The van der Waals surface area contributed by atoms with Crippen LogP contribution >= 0.6 is 11.6 Å². The molecule has 2 aromatic rings. The number of hydrogen-bond acceptors (Lipinski definition) is 4. The van der Waals surface area contributed by atoms with E-state index in [4.69, 9.17) is 11.6 Å². The summed E-state index contributed by atoms with van der Waals surface area (Å²) in [4.78, 5) is 25.1. The number of hydrogen-bond donors (Lipinski definition) is 1. The van der Waals surface area contributed by atoms with Crippen molar-refractivity contribution in [1.82, 2.24) is 0 Å². The van der Waals surface area contributed by atoms with Crippen molar-refractivity contribution < 1.29 is 18.5 Å². The van der Waals surface area contributed by atoms with Gasteiger partial charge in [0.05, 0.1) is 21.2 Å². The predicted octanol–water partition coefficient (Wildman–Crippen LogP) is 4.58. The van der Waals surface area contributed by atoms with E-state index in [-0.39, 0.29) is 22.0 Å². The molecule has 0 unspecified atom stereocenters. The smallest absolute Gasteiger partial charge is 0.270 e. The number of halogens is 3. The monoisotopic (exact) mass is 395 g/mol. The lowest BCUT2D eigenvalue weighted by Crippen LogP contribution is -2.35. The third kappa shape index (κ3) is 4.33. The number of nitrogens with one attached hydrogen (secondary N) is 1. The van der Waals surface area contributed by atoms with Crippen molar-refractivity contribution in [1.29, 1.82) is 0 Å². The molecule has 0 saturated carbocycles. The number of nitro groups is 1. The second kappa shape index (κ2) is 7.87. The van der Waals surface area contributed by atoms with Crippen molar-refractivity contribution >= 4 is 34.6 Å². The van der Waals surface area contributed by atoms with E-state index in [1.165, 1.54) is 30.3 Å². The number of rotatable bonds is 4. The van der Waals surface area contributed by atoms with E-state index in [0.29, 0.717) is 31.6 Å². The van der Waals surface area contributed by atoms with Crippen LogP contribution in [0.5, 0.6) is 0 Å². The Morgan fingerprint density at radius 1 is 1.22 bits per heavy atom. The Labute approximate surface area is 158 Å². The van der Waals surface area contributed by atoms with Gasteiger partial charge in [-0.2, -0.15) is 0 Å². The molecule has 1 aliphatic rings. The van der Waals surface area contributed by atoms with Crippen LogP contribution in [0.4, 0.5) is 25.8 Å². The van der Waals surface area contributed by atoms with Crippen LogP contribution in [0, 0.1) is 15.9 Å². The van der Waals surface area contributed by atoms with Gasteiger partial charge in [-0.3, -0.25) is 14.9 Å². The first-order valence-electron chi connectivity index (χ1n) is 8.29. The minimum Gasteiger partial charge on any atom is -0.371 e. The Morgan fingerprint density at radius 3 is 2.56 bits per heavy atom. The summed E-state index contributed by atoms with van der Waals surface area (Å²) in [5.41, 5.74) is 0.591. The number of benzene rings is 2. The highest BCUT2D eigenvalue weighted by Crippen LogP contribution is 2.30. The fraction of sp³-hybridized carbons (Fsp3) is 0.278. The van der Waals surface area contributed by atoms with Crippen molar-refractivity contribution in [3.05, 3.63) is 62.9 Å². The molecule has 1 saturated heterocycles. The maximum Gasteiger partial charge on any atom is 0.270 e. The Kier molecular flexibility index (Phi) is 5.55. The molecule has 0 spiro atoms. The topological polar surface area (TPSA) is 75.5 Å². The predicted molar refractivity (Wildman–Crippen MR) is 98.8 cm³/mol. The van der Waals surface area contributed by atoms with Crippen LogP contribution in [0.25, 0.3) is 0 Å². The van der Waals surface area contributed by atoms with Gasteiger partial charge in [-0.1, -0.05) is 11.6 Å². The van der Waals surface area contributed by atoms with Crippen LogP contribution in [-0.4, -0.2) is 30.1 Å². The van der Waals surface area contributed by atoms with Crippen LogP contribution in [0.15, 0.2) is 36.4 Å². The first kappa shape index (κ1) is 19.0. The van der Waals surface area contributed by atoms with Crippen molar-refractivity contribution in [2.75, 3.05) is 23.3 Å². The molecule has 1 aliphatic heterocycles. The summed E-state index contributed by atoms with van der Waals surface area (Å²) in [5.74, 6) is -1.22. The number of nitro benzene ring substituents is 1. The Balaban J connectivity index is 1.92. The lowest BCUT2D eigenvalue weighted by atomic mass is 10.0. The minimum atomic E-state index is -0.891. The summed E-state index contributed by atoms with van der Waals surface area (Å²) in [6.45, 7) is 0.809. The molecule has 9 heteroatoms. The fourth-order valence-electron chi connectivity index (χ4n) is 2.96. The molecule has 0 radical (unpaired) electrons. The molecule has 1 amide bonds. The molecule has 2 aromatic carbocycles. The highest BCUT2D eigenvalue weighted by Gasteiger charge is 2.24. The van der Waals surface area contributed by atoms with E-state index in [2.05, 4.69) is 5.32 Å². The van der Waals surface area contributed by atoms with Gasteiger partial charge in [0.15, 0.2) is 0 Å². The summed E-state index contributed by atoms with van der Waals surface area (Å²) in [6, 6.07) is 7.67. The quantitative estimate of drug-likeness (QED) is 0.607.